The summed E-state index contributed by atoms with van der Waals surface area (Å²) in [7, 11) is 3.34. The lowest BCUT2D eigenvalue weighted by Gasteiger charge is -2.27. The third kappa shape index (κ3) is 4.73. The van der Waals surface area contributed by atoms with E-state index in [1.165, 1.54) is 11.3 Å². The smallest absolute Gasteiger partial charge is 0.241 e. The maximum Gasteiger partial charge on any atom is 0.241 e. The van der Waals surface area contributed by atoms with Crippen LogP contribution in [0.25, 0.3) is 0 Å². The van der Waals surface area contributed by atoms with Gasteiger partial charge in [0, 0.05) is 26.6 Å². The van der Waals surface area contributed by atoms with Crippen molar-refractivity contribution in [1.29, 1.82) is 0 Å². The zero-order chi connectivity index (χ0) is 12.8. The van der Waals surface area contributed by atoms with Crippen LogP contribution >= 0.6 is 0 Å². The van der Waals surface area contributed by atoms with Crippen LogP contribution in [-0.2, 0) is 9.59 Å². The molecule has 3 N–H and O–H groups in total. The van der Waals surface area contributed by atoms with Crippen molar-refractivity contribution >= 4 is 11.8 Å². The summed E-state index contributed by atoms with van der Waals surface area (Å²) in [4.78, 5) is 24.4. The number of hydrogen-bond donors (Lipinski definition) is 2. The average Bonchev–Trinajstić information content (AvgIpc) is 2.29. The number of carbonyl (C=O) groups is 2. The van der Waals surface area contributed by atoms with Crippen molar-refractivity contribution in [2.45, 2.75) is 38.1 Å². The summed E-state index contributed by atoms with van der Waals surface area (Å²) in [5.74, 6) is 0.118. The minimum absolute atomic E-state index is 0.0671. The summed E-state index contributed by atoms with van der Waals surface area (Å²) < 4.78 is 0. The van der Waals surface area contributed by atoms with Crippen LogP contribution in [0.3, 0.4) is 0 Å². The first kappa shape index (κ1) is 14.0. The van der Waals surface area contributed by atoms with Gasteiger partial charge in [0.15, 0.2) is 0 Å². The van der Waals surface area contributed by atoms with Gasteiger partial charge in [-0.25, -0.2) is 0 Å². The zero-order valence-corrected chi connectivity index (χ0v) is 10.7. The van der Waals surface area contributed by atoms with E-state index in [0.717, 1.165) is 19.3 Å². The maximum atomic E-state index is 11.6. The molecule has 5 nitrogen and oxygen atoms in total. The van der Waals surface area contributed by atoms with Gasteiger partial charge in [0.05, 0.1) is 6.54 Å². The molecule has 2 amide bonds. The van der Waals surface area contributed by atoms with Gasteiger partial charge in [-0.2, -0.15) is 0 Å². The van der Waals surface area contributed by atoms with Crippen molar-refractivity contribution in [3.63, 3.8) is 0 Å². The van der Waals surface area contributed by atoms with Crippen molar-refractivity contribution in [1.82, 2.24) is 10.2 Å². The molecule has 0 aromatic carbocycles. The maximum absolute atomic E-state index is 11.6. The van der Waals surface area contributed by atoms with E-state index in [0.29, 0.717) is 6.42 Å². The van der Waals surface area contributed by atoms with Crippen LogP contribution in [0.2, 0.25) is 0 Å². The van der Waals surface area contributed by atoms with Crippen molar-refractivity contribution in [3.05, 3.63) is 0 Å². The number of nitrogens with one attached hydrogen (secondary N) is 1. The van der Waals surface area contributed by atoms with E-state index < -0.39 is 0 Å². The van der Waals surface area contributed by atoms with E-state index in [-0.39, 0.29) is 30.3 Å². The normalized spacial score (nSPS) is 24.2. The number of nitrogens with zero attached hydrogens (tertiary/aromatic N) is 1. The van der Waals surface area contributed by atoms with Crippen LogP contribution < -0.4 is 11.1 Å². The van der Waals surface area contributed by atoms with E-state index >= 15 is 0 Å². The predicted octanol–water partition coefficient (Wildman–Crippen LogP) is 0.0984. The molecule has 1 fully saturated rings. The van der Waals surface area contributed by atoms with E-state index in [1.807, 2.05) is 0 Å². The highest BCUT2D eigenvalue weighted by molar-refractivity contribution is 5.84. The van der Waals surface area contributed by atoms with E-state index in [9.17, 15) is 9.59 Å². The van der Waals surface area contributed by atoms with Gasteiger partial charge >= 0.3 is 0 Å². The summed E-state index contributed by atoms with van der Waals surface area (Å²) in [6, 6.07) is 0.138. The molecule has 0 radical (unpaired) electrons. The van der Waals surface area contributed by atoms with Gasteiger partial charge in [0.2, 0.25) is 11.8 Å². The topological polar surface area (TPSA) is 75.4 Å². The Hall–Kier alpha value is -1.10. The number of hydrogen-bond acceptors (Lipinski definition) is 3. The van der Waals surface area contributed by atoms with Gasteiger partial charge in [-0.15, -0.1) is 0 Å². The summed E-state index contributed by atoms with van der Waals surface area (Å²) in [6.45, 7) is 0.0772. The van der Waals surface area contributed by atoms with Gasteiger partial charge in [0.25, 0.3) is 0 Å². The molecule has 1 aliphatic carbocycles. The molecule has 17 heavy (non-hydrogen) atoms. The molecule has 98 valence electrons. The Morgan fingerprint density at radius 3 is 2.53 bits per heavy atom. The average molecular weight is 241 g/mol. The summed E-state index contributed by atoms with van der Waals surface area (Å²) in [5, 5.41) is 2.65. The minimum atomic E-state index is -0.0914. The van der Waals surface area contributed by atoms with Crippen molar-refractivity contribution in [2.75, 3.05) is 20.6 Å². The lowest BCUT2D eigenvalue weighted by Crippen LogP contribution is -2.40. The van der Waals surface area contributed by atoms with Gasteiger partial charge in [-0.05, 0) is 18.8 Å². The number of nitrogens with two attached hydrogens (primary N) is 1. The number of likely N-dealkylation sites (N-methyl/N-ethyl adjacent to an activating group) is 1. The highest BCUT2D eigenvalue weighted by Gasteiger charge is 2.24. The van der Waals surface area contributed by atoms with Crippen LogP contribution in [0.5, 0.6) is 0 Å². The fourth-order valence-electron chi connectivity index (χ4n) is 2.13. The highest BCUT2D eigenvalue weighted by Crippen LogP contribution is 2.25. The molecular formula is C12H23N3O2. The van der Waals surface area contributed by atoms with Gasteiger partial charge < -0.3 is 16.0 Å². The monoisotopic (exact) mass is 241 g/mol. The van der Waals surface area contributed by atoms with E-state index in [2.05, 4.69) is 5.32 Å². The van der Waals surface area contributed by atoms with E-state index in [1.54, 1.807) is 14.1 Å². The Labute approximate surface area is 103 Å². The number of rotatable bonds is 4. The van der Waals surface area contributed by atoms with Crippen molar-refractivity contribution in [3.8, 4) is 0 Å². The SMILES string of the molecule is CN(C)C(=O)CNC(=O)CC1CCCCC1N. The third-order valence-electron chi connectivity index (χ3n) is 3.35. The fourth-order valence-corrected chi connectivity index (χ4v) is 2.13. The number of amides is 2. The van der Waals surface area contributed by atoms with Gasteiger partial charge in [0.1, 0.15) is 0 Å². The van der Waals surface area contributed by atoms with Crippen LogP contribution in [0, 0.1) is 5.92 Å². The molecule has 1 aliphatic rings. The van der Waals surface area contributed by atoms with Crippen LogP contribution in [0.4, 0.5) is 0 Å². The zero-order valence-electron chi connectivity index (χ0n) is 10.7. The first-order chi connectivity index (χ1) is 8.00. The van der Waals surface area contributed by atoms with Gasteiger partial charge in [-0.3, -0.25) is 9.59 Å². The molecule has 0 aliphatic heterocycles. The second-order valence-corrected chi connectivity index (χ2v) is 4.98. The van der Waals surface area contributed by atoms with Crippen LogP contribution in [0.1, 0.15) is 32.1 Å². The van der Waals surface area contributed by atoms with Crippen LogP contribution in [0.15, 0.2) is 0 Å². The first-order valence-electron chi connectivity index (χ1n) is 6.23. The molecule has 1 saturated carbocycles. The predicted molar refractivity (Wildman–Crippen MR) is 66.3 cm³/mol. The number of carbonyl (C=O) groups excluding carboxylic acids is 2. The van der Waals surface area contributed by atoms with Crippen molar-refractivity contribution in [2.24, 2.45) is 11.7 Å². The second-order valence-electron chi connectivity index (χ2n) is 4.98. The minimum Gasteiger partial charge on any atom is -0.347 e. The molecule has 0 aromatic heterocycles. The van der Waals surface area contributed by atoms with E-state index in [4.69, 9.17) is 5.73 Å². The Morgan fingerprint density at radius 1 is 1.29 bits per heavy atom. The largest absolute Gasteiger partial charge is 0.347 e. The van der Waals surface area contributed by atoms with Crippen LogP contribution in [-0.4, -0.2) is 43.4 Å². The third-order valence-corrected chi connectivity index (χ3v) is 3.35. The molecule has 5 heteroatoms. The summed E-state index contributed by atoms with van der Waals surface area (Å²) in [6.07, 6.45) is 4.80. The molecule has 0 spiro atoms. The summed E-state index contributed by atoms with van der Waals surface area (Å²) >= 11 is 0. The second kappa shape index (κ2) is 6.59. The molecule has 0 saturated heterocycles. The standard InChI is InChI=1S/C12H23N3O2/c1-15(2)12(17)8-14-11(16)7-9-5-3-4-6-10(9)13/h9-10H,3-8,13H2,1-2H3,(H,14,16). The lowest BCUT2D eigenvalue weighted by atomic mass is 9.83. The molecule has 2 unspecified atom stereocenters. The Balaban J connectivity index is 2.26. The molecule has 0 bridgehead atoms. The van der Waals surface area contributed by atoms with Crippen molar-refractivity contribution < 1.29 is 9.59 Å². The van der Waals surface area contributed by atoms with Gasteiger partial charge in [-0.1, -0.05) is 12.8 Å². The lowest BCUT2D eigenvalue weighted by molar-refractivity contribution is -0.131. The molecule has 1 rings (SSSR count). The molecule has 0 aromatic rings. The summed E-state index contributed by atoms with van der Waals surface area (Å²) in [5.41, 5.74) is 5.98. The highest BCUT2D eigenvalue weighted by atomic mass is 16.2. The molecule has 2 atom stereocenters. The Morgan fingerprint density at radius 2 is 1.94 bits per heavy atom. The first-order valence-corrected chi connectivity index (χ1v) is 6.23. The quantitative estimate of drug-likeness (QED) is 0.733. The Kier molecular flexibility index (Phi) is 5.41. The molecule has 0 heterocycles. The molecular weight excluding hydrogens is 218 g/mol. The Bertz CT molecular complexity index is 279. The fraction of sp³-hybridized carbons (Fsp3) is 0.833.